The zero-order chi connectivity index (χ0) is 21.9. The molecule has 0 saturated carbocycles. The Morgan fingerprint density at radius 3 is 2.43 bits per heavy atom. The van der Waals surface area contributed by atoms with Crippen molar-refractivity contribution in [3.8, 4) is 0 Å². The van der Waals surface area contributed by atoms with Gasteiger partial charge in [-0.2, -0.15) is 0 Å². The van der Waals surface area contributed by atoms with Gasteiger partial charge >= 0.3 is 6.03 Å². The number of carbonyl (C=O) groups is 2. The molecule has 3 rings (SSSR count). The van der Waals surface area contributed by atoms with Crippen LogP contribution in [0.1, 0.15) is 36.9 Å². The number of rotatable bonds is 5. The Morgan fingerprint density at radius 1 is 1.13 bits per heavy atom. The van der Waals surface area contributed by atoms with Gasteiger partial charge in [-0.1, -0.05) is 37.7 Å². The van der Waals surface area contributed by atoms with Crippen LogP contribution in [0.5, 0.6) is 0 Å². The molecule has 0 bridgehead atoms. The predicted octanol–water partition coefficient (Wildman–Crippen LogP) is 4.29. The summed E-state index contributed by atoms with van der Waals surface area (Å²) < 4.78 is 5.38. The quantitative estimate of drug-likeness (QED) is 0.630. The molecule has 0 aliphatic heterocycles. The monoisotopic (exact) mass is 425 g/mol. The van der Waals surface area contributed by atoms with Crippen LogP contribution in [0, 0.1) is 0 Å². The number of urea groups is 1. The second-order valence-corrected chi connectivity index (χ2v) is 8.76. The molecule has 8 nitrogen and oxygen atoms in total. The van der Waals surface area contributed by atoms with Crippen LogP contribution in [-0.4, -0.2) is 29.1 Å². The van der Waals surface area contributed by atoms with E-state index < -0.39 is 6.03 Å². The molecule has 0 saturated heterocycles. The fourth-order valence-corrected chi connectivity index (χ4v) is 3.36. The standard InChI is InChI=1S/C21H23N5O3S/c1-21(2,3)16-12-17(25-29-16)26(4)19(27)13-9-10-23-18(11-13)30-15-7-5-14(6-8-15)24-20(22)28/h5-12H,1-4H3,(H3,22,24,28). The summed E-state index contributed by atoms with van der Waals surface area (Å²) in [6, 6.07) is 11.7. The van der Waals surface area contributed by atoms with Gasteiger partial charge in [0.25, 0.3) is 5.91 Å². The van der Waals surface area contributed by atoms with Crippen LogP contribution in [0.2, 0.25) is 0 Å². The van der Waals surface area contributed by atoms with Crippen LogP contribution in [0.4, 0.5) is 16.3 Å². The van der Waals surface area contributed by atoms with Crippen molar-refractivity contribution in [3.63, 3.8) is 0 Å². The lowest BCUT2D eigenvalue weighted by Crippen LogP contribution is -2.26. The highest BCUT2D eigenvalue weighted by Crippen LogP contribution is 2.29. The van der Waals surface area contributed by atoms with Crippen molar-refractivity contribution in [1.29, 1.82) is 0 Å². The van der Waals surface area contributed by atoms with Gasteiger partial charge in [-0.05, 0) is 36.4 Å². The summed E-state index contributed by atoms with van der Waals surface area (Å²) in [6.45, 7) is 6.05. The SMILES string of the molecule is CN(C(=O)c1ccnc(Sc2ccc(NC(N)=O)cc2)c1)c1cc(C(C)(C)C)on1. The lowest BCUT2D eigenvalue weighted by molar-refractivity contribution is 0.0991. The second kappa shape index (κ2) is 8.58. The Kier molecular flexibility index (Phi) is 6.12. The number of pyridine rings is 1. The van der Waals surface area contributed by atoms with Gasteiger partial charge in [-0.25, -0.2) is 9.78 Å². The lowest BCUT2D eigenvalue weighted by atomic mass is 9.93. The van der Waals surface area contributed by atoms with Crippen LogP contribution < -0.4 is 16.0 Å². The molecule has 0 spiro atoms. The Balaban J connectivity index is 1.73. The van der Waals surface area contributed by atoms with Crippen molar-refractivity contribution in [2.24, 2.45) is 5.73 Å². The molecule has 0 aliphatic rings. The molecule has 0 aliphatic carbocycles. The number of nitrogens with two attached hydrogens (primary N) is 1. The maximum absolute atomic E-state index is 12.9. The molecule has 9 heteroatoms. The predicted molar refractivity (Wildman–Crippen MR) is 116 cm³/mol. The van der Waals surface area contributed by atoms with Gasteiger partial charge in [-0.3, -0.25) is 9.69 Å². The Bertz CT molecular complexity index is 1060. The van der Waals surface area contributed by atoms with Gasteiger partial charge in [0.15, 0.2) is 5.82 Å². The van der Waals surface area contributed by atoms with E-state index in [0.717, 1.165) is 4.90 Å². The molecule has 3 amide bonds. The average Bonchev–Trinajstić information content (AvgIpc) is 3.19. The summed E-state index contributed by atoms with van der Waals surface area (Å²) >= 11 is 1.40. The number of hydrogen-bond donors (Lipinski definition) is 2. The molecular weight excluding hydrogens is 402 g/mol. The van der Waals surface area contributed by atoms with Gasteiger partial charge < -0.3 is 15.6 Å². The number of benzene rings is 1. The minimum atomic E-state index is -0.617. The summed E-state index contributed by atoms with van der Waals surface area (Å²) in [7, 11) is 1.66. The molecule has 0 atom stereocenters. The van der Waals surface area contributed by atoms with E-state index in [9.17, 15) is 9.59 Å². The molecule has 30 heavy (non-hydrogen) atoms. The highest BCUT2D eigenvalue weighted by Gasteiger charge is 2.23. The largest absolute Gasteiger partial charge is 0.359 e. The van der Waals surface area contributed by atoms with E-state index in [0.29, 0.717) is 27.9 Å². The van der Waals surface area contributed by atoms with Crippen molar-refractivity contribution < 1.29 is 14.1 Å². The fraction of sp³-hybridized carbons (Fsp3) is 0.238. The smallest absolute Gasteiger partial charge is 0.316 e. The number of amides is 3. The highest BCUT2D eigenvalue weighted by atomic mass is 32.2. The van der Waals surface area contributed by atoms with Crippen LogP contribution >= 0.6 is 11.8 Å². The summed E-state index contributed by atoms with van der Waals surface area (Å²) in [5, 5.41) is 7.19. The lowest BCUT2D eigenvalue weighted by Gasteiger charge is -2.14. The van der Waals surface area contributed by atoms with Gasteiger partial charge in [0.1, 0.15) is 10.8 Å². The van der Waals surface area contributed by atoms with Gasteiger partial charge in [-0.15, -0.1) is 0 Å². The van der Waals surface area contributed by atoms with Crippen LogP contribution in [0.3, 0.4) is 0 Å². The van der Waals surface area contributed by atoms with Gasteiger partial charge in [0.2, 0.25) is 0 Å². The first-order valence-corrected chi connectivity index (χ1v) is 10.0. The molecule has 0 fully saturated rings. The summed E-state index contributed by atoms with van der Waals surface area (Å²) in [5.41, 5.74) is 6.00. The summed E-state index contributed by atoms with van der Waals surface area (Å²) in [4.78, 5) is 30.5. The number of nitrogens with zero attached hydrogens (tertiary/aromatic N) is 3. The van der Waals surface area contributed by atoms with Crippen molar-refractivity contribution in [2.45, 2.75) is 36.1 Å². The molecule has 1 aromatic carbocycles. The molecule has 0 radical (unpaired) electrons. The van der Waals surface area contributed by atoms with E-state index in [-0.39, 0.29) is 11.3 Å². The van der Waals surface area contributed by atoms with Crippen LogP contribution in [0.25, 0.3) is 0 Å². The highest BCUT2D eigenvalue weighted by molar-refractivity contribution is 7.99. The third kappa shape index (κ3) is 5.18. The Hall–Kier alpha value is -3.33. The molecular formula is C21H23N5O3S. The summed E-state index contributed by atoms with van der Waals surface area (Å²) in [6.07, 6.45) is 1.59. The van der Waals surface area contributed by atoms with Crippen LogP contribution in [0.15, 0.2) is 63.1 Å². The Morgan fingerprint density at radius 2 is 1.83 bits per heavy atom. The molecule has 3 N–H and O–H groups in total. The maximum atomic E-state index is 12.9. The van der Waals surface area contributed by atoms with Crippen LogP contribution in [-0.2, 0) is 5.41 Å². The number of carbonyl (C=O) groups excluding carboxylic acids is 2. The molecule has 2 aromatic heterocycles. The molecule has 0 unspecified atom stereocenters. The number of anilines is 2. The molecule has 156 valence electrons. The van der Waals surface area contributed by atoms with Crippen molar-refractivity contribution in [2.75, 3.05) is 17.3 Å². The Labute approximate surface area is 178 Å². The fourth-order valence-electron chi connectivity index (χ4n) is 2.54. The van der Waals surface area contributed by atoms with Crippen molar-refractivity contribution >= 4 is 35.2 Å². The summed E-state index contributed by atoms with van der Waals surface area (Å²) in [5.74, 6) is 0.944. The molecule has 2 heterocycles. The van der Waals surface area contributed by atoms with E-state index in [1.54, 1.807) is 43.6 Å². The minimum absolute atomic E-state index is 0.196. The number of hydrogen-bond acceptors (Lipinski definition) is 6. The minimum Gasteiger partial charge on any atom is -0.359 e. The first-order valence-electron chi connectivity index (χ1n) is 9.19. The van der Waals surface area contributed by atoms with E-state index in [2.05, 4.69) is 15.5 Å². The topological polar surface area (TPSA) is 114 Å². The van der Waals surface area contributed by atoms with Gasteiger partial charge in [0.05, 0.1) is 0 Å². The maximum Gasteiger partial charge on any atom is 0.316 e. The zero-order valence-electron chi connectivity index (χ0n) is 17.2. The normalized spacial score (nSPS) is 11.2. The molecule has 3 aromatic rings. The third-order valence-corrected chi connectivity index (χ3v) is 5.15. The second-order valence-electron chi connectivity index (χ2n) is 7.66. The first-order chi connectivity index (χ1) is 14.1. The third-order valence-electron chi connectivity index (χ3n) is 4.21. The first kappa shape index (κ1) is 21.4. The number of primary amides is 1. The van der Waals surface area contributed by atoms with E-state index in [1.165, 1.54) is 16.7 Å². The van der Waals surface area contributed by atoms with E-state index in [1.807, 2.05) is 32.9 Å². The average molecular weight is 426 g/mol. The number of aromatic nitrogens is 2. The zero-order valence-corrected chi connectivity index (χ0v) is 18.0. The van der Waals surface area contributed by atoms with Crippen molar-refractivity contribution in [1.82, 2.24) is 10.1 Å². The van der Waals surface area contributed by atoms with Crippen molar-refractivity contribution in [3.05, 3.63) is 60.0 Å². The van der Waals surface area contributed by atoms with Gasteiger partial charge in [0, 0.05) is 40.9 Å². The number of nitrogens with one attached hydrogen (secondary N) is 1. The van der Waals surface area contributed by atoms with E-state index >= 15 is 0 Å². The van der Waals surface area contributed by atoms with E-state index in [4.69, 9.17) is 10.3 Å².